The summed E-state index contributed by atoms with van der Waals surface area (Å²) in [6, 6.07) is 10.1. The first-order valence-corrected chi connectivity index (χ1v) is 2.93. The van der Waals surface area contributed by atoms with Crippen LogP contribution in [-0.4, -0.2) is 23.1 Å². The number of hydrogen-bond acceptors (Lipinski definition) is 0. The van der Waals surface area contributed by atoms with Crippen LogP contribution >= 0.6 is 0 Å². The molecule has 0 radical (unpaired) electrons. The van der Waals surface area contributed by atoms with Gasteiger partial charge in [-0.3, -0.25) is 0 Å². The minimum atomic E-state index is 0. The molecule has 0 unspecified atom stereocenters. The second-order valence-electron chi connectivity index (χ2n) is 2.00. The number of benzene rings is 1. The number of rotatable bonds is 0. The third-order valence-electron chi connectivity index (χ3n) is 1.40. The Morgan fingerprint density at radius 3 is 2.45 bits per heavy atom. The number of nitrogens with zero attached hydrogens (tertiary/aromatic N) is 1. The molecule has 1 heterocycles. The van der Waals surface area contributed by atoms with E-state index in [4.69, 9.17) is 0 Å². The van der Waals surface area contributed by atoms with Crippen LogP contribution in [0.5, 0.6) is 0 Å². The summed E-state index contributed by atoms with van der Waals surface area (Å²) in [6.07, 6.45) is 1.82. The molecular formula is C8H6IMgN. The van der Waals surface area contributed by atoms with Gasteiger partial charge in [0.1, 0.15) is 0 Å². The van der Waals surface area contributed by atoms with Gasteiger partial charge >= 0.3 is 23.1 Å². The van der Waals surface area contributed by atoms with Gasteiger partial charge in [0.15, 0.2) is 0 Å². The Kier molecular flexibility index (Phi) is 5.12. The van der Waals surface area contributed by atoms with Gasteiger partial charge in [0, 0.05) is 0 Å². The molecule has 0 saturated carbocycles. The molecule has 52 valence electrons. The summed E-state index contributed by atoms with van der Waals surface area (Å²) < 4.78 is 0. The maximum Gasteiger partial charge on any atom is 2.00 e. The fourth-order valence-electron chi connectivity index (χ4n) is 0.944. The van der Waals surface area contributed by atoms with Crippen LogP contribution in [0.3, 0.4) is 0 Å². The molecule has 0 fully saturated rings. The third kappa shape index (κ3) is 2.35. The normalized spacial score (nSPS) is 8.36. The van der Waals surface area contributed by atoms with E-state index in [-0.39, 0.29) is 47.0 Å². The molecule has 3 heteroatoms. The summed E-state index contributed by atoms with van der Waals surface area (Å²) in [5.74, 6) is 0. The van der Waals surface area contributed by atoms with Gasteiger partial charge in [-0.05, 0) is 5.39 Å². The first-order chi connectivity index (χ1) is 4.47. The van der Waals surface area contributed by atoms with Crippen molar-refractivity contribution in [2.24, 2.45) is 0 Å². The van der Waals surface area contributed by atoms with E-state index in [1.807, 2.05) is 30.5 Å². The fourth-order valence-corrected chi connectivity index (χ4v) is 0.944. The van der Waals surface area contributed by atoms with Crippen molar-refractivity contribution in [3.8, 4) is 0 Å². The van der Waals surface area contributed by atoms with Gasteiger partial charge < -0.3 is 29.0 Å². The molecule has 11 heavy (non-hydrogen) atoms. The molecule has 2 aromatic rings. The number of fused-ring (bicyclic) bond motifs is 1. The monoisotopic (exact) mass is 267 g/mol. The number of halogens is 1. The maximum atomic E-state index is 4.12. The van der Waals surface area contributed by atoms with Crippen molar-refractivity contribution >= 4 is 34.0 Å². The smallest absolute Gasteiger partial charge is 1.00 e. The van der Waals surface area contributed by atoms with Gasteiger partial charge in [0.2, 0.25) is 0 Å². The average molecular weight is 267 g/mol. The molecule has 1 nitrogen and oxygen atoms in total. The summed E-state index contributed by atoms with van der Waals surface area (Å²) in [5, 5.41) is 1.22. The van der Waals surface area contributed by atoms with Gasteiger partial charge in [-0.2, -0.15) is 6.20 Å². The first kappa shape index (κ1) is 11.3. The van der Waals surface area contributed by atoms with Crippen LogP contribution in [0.1, 0.15) is 0 Å². The van der Waals surface area contributed by atoms with Crippen molar-refractivity contribution in [2.75, 3.05) is 0 Å². The summed E-state index contributed by atoms with van der Waals surface area (Å²) in [7, 11) is 0. The molecule has 0 amide bonds. The molecule has 0 aliphatic rings. The second-order valence-corrected chi connectivity index (χ2v) is 2.00. The van der Waals surface area contributed by atoms with Gasteiger partial charge in [-0.15, -0.1) is 5.52 Å². The van der Waals surface area contributed by atoms with Gasteiger partial charge in [-0.1, -0.05) is 30.3 Å². The molecule has 0 aliphatic carbocycles. The predicted molar refractivity (Wildman–Crippen MR) is 43.0 cm³/mol. The van der Waals surface area contributed by atoms with E-state index in [2.05, 4.69) is 11.1 Å². The van der Waals surface area contributed by atoms with Crippen molar-refractivity contribution in [3.63, 3.8) is 0 Å². The van der Waals surface area contributed by atoms with Gasteiger partial charge in [0.05, 0.1) is 0 Å². The molecule has 0 spiro atoms. The van der Waals surface area contributed by atoms with Crippen molar-refractivity contribution in [3.05, 3.63) is 36.5 Å². The Morgan fingerprint density at radius 2 is 1.73 bits per heavy atom. The second kappa shape index (κ2) is 5.00. The average Bonchev–Trinajstić information content (AvgIpc) is 2.33. The fraction of sp³-hybridized carbons (Fsp3) is 0. The largest absolute Gasteiger partial charge is 2.00 e. The van der Waals surface area contributed by atoms with E-state index < -0.39 is 0 Å². The molecule has 0 N–H and O–H groups in total. The van der Waals surface area contributed by atoms with E-state index in [0.717, 1.165) is 5.52 Å². The molecule has 0 bridgehead atoms. The van der Waals surface area contributed by atoms with Crippen LogP contribution in [0.25, 0.3) is 10.9 Å². The maximum absolute atomic E-state index is 4.12. The van der Waals surface area contributed by atoms with E-state index in [0.29, 0.717) is 0 Å². The topological polar surface area (TPSA) is 14.1 Å². The molecule has 1 aromatic carbocycles. The van der Waals surface area contributed by atoms with Crippen LogP contribution in [-0.2, 0) is 0 Å². The molecule has 1 aromatic heterocycles. The van der Waals surface area contributed by atoms with E-state index in [9.17, 15) is 0 Å². The van der Waals surface area contributed by atoms with Crippen LogP contribution in [0.2, 0.25) is 0 Å². The molecular weight excluding hydrogens is 261 g/mol. The van der Waals surface area contributed by atoms with E-state index in [1.54, 1.807) is 0 Å². The van der Waals surface area contributed by atoms with Crippen molar-refractivity contribution < 1.29 is 24.0 Å². The minimum absolute atomic E-state index is 0. The van der Waals surface area contributed by atoms with Crippen molar-refractivity contribution in [1.82, 2.24) is 4.98 Å². The zero-order valence-corrected chi connectivity index (χ0v) is 9.57. The summed E-state index contributed by atoms with van der Waals surface area (Å²) in [4.78, 5) is 4.12. The van der Waals surface area contributed by atoms with Crippen LogP contribution < -0.4 is 29.0 Å². The summed E-state index contributed by atoms with van der Waals surface area (Å²) in [5.41, 5.74) is 1.08. The number of para-hydroxylation sites is 1. The molecule has 2 rings (SSSR count). The van der Waals surface area contributed by atoms with Crippen molar-refractivity contribution in [1.29, 1.82) is 0 Å². The predicted octanol–water partition coefficient (Wildman–Crippen LogP) is -1.58. The van der Waals surface area contributed by atoms with E-state index in [1.165, 1.54) is 5.39 Å². The SMILES string of the molecule is [I-].[Mg+2].c1ccc2[n-]ccc2c1. The van der Waals surface area contributed by atoms with Crippen LogP contribution in [0.4, 0.5) is 0 Å². The summed E-state index contributed by atoms with van der Waals surface area (Å²) in [6.45, 7) is 0. The Hall–Kier alpha value is 0.256. The summed E-state index contributed by atoms with van der Waals surface area (Å²) >= 11 is 0. The Bertz CT molecular complexity index is 288. The Labute approximate surface area is 98.7 Å². The third-order valence-corrected chi connectivity index (χ3v) is 1.40. The zero-order chi connectivity index (χ0) is 6.10. The number of aromatic nitrogens is 1. The van der Waals surface area contributed by atoms with Gasteiger partial charge in [-0.25, -0.2) is 0 Å². The first-order valence-electron chi connectivity index (χ1n) is 2.93. The quantitative estimate of drug-likeness (QED) is 0.415. The van der Waals surface area contributed by atoms with Crippen molar-refractivity contribution in [2.45, 2.75) is 0 Å². The zero-order valence-electron chi connectivity index (χ0n) is 6.00. The molecule has 0 saturated heterocycles. The minimum Gasteiger partial charge on any atom is -1.00 e. The standard InChI is InChI=1S/C8H6N.HI.Mg/c1-2-4-8-7(3-1)5-6-9-8;;/h1-6H;1H;/q-1;;+2/p-1. The molecule has 0 atom stereocenters. The Balaban J connectivity index is 0.000000500. The van der Waals surface area contributed by atoms with Gasteiger partial charge in [0.25, 0.3) is 0 Å². The van der Waals surface area contributed by atoms with E-state index >= 15 is 0 Å². The Morgan fingerprint density at radius 1 is 1.00 bits per heavy atom. The molecule has 0 aliphatic heterocycles. The number of hydrogen-bond donors (Lipinski definition) is 0. The van der Waals surface area contributed by atoms with Crippen LogP contribution in [0, 0.1) is 0 Å². The van der Waals surface area contributed by atoms with Crippen LogP contribution in [0.15, 0.2) is 36.5 Å².